The molecular weight excluding hydrogens is 296 g/mol. The van der Waals surface area contributed by atoms with Gasteiger partial charge in [-0.3, -0.25) is 0 Å². The topological polar surface area (TPSA) is 0 Å². The summed E-state index contributed by atoms with van der Waals surface area (Å²) in [6.45, 7) is 2.27. The first-order valence-electron chi connectivity index (χ1n) is 8.43. The molecule has 0 atom stereocenters. The Kier molecular flexibility index (Phi) is 18.1. The van der Waals surface area contributed by atoms with Gasteiger partial charge in [-0.1, -0.05) is 80.6 Å². The van der Waals surface area contributed by atoms with E-state index in [4.69, 9.17) is 0 Å². The normalized spacial score (nSPS) is 10.2. The summed E-state index contributed by atoms with van der Waals surface area (Å²) in [6, 6.07) is 0. The van der Waals surface area contributed by atoms with Crippen LogP contribution in [0.1, 0.15) is 96.8 Å². The average Bonchev–Trinajstić information content (AvgIpc) is 2.43. The van der Waals surface area contributed by atoms with Gasteiger partial charge in [0.25, 0.3) is 0 Å². The first-order valence-corrected chi connectivity index (χ1v) is 9.55. The van der Waals surface area contributed by atoms with Crippen molar-refractivity contribution in [3.8, 4) is 11.8 Å². The molecule has 0 aliphatic rings. The van der Waals surface area contributed by atoms with Crippen LogP contribution in [0.3, 0.4) is 0 Å². The molecule has 19 heavy (non-hydrogen) atoms. The van der Waals surface area contributed by atoms with Crippen molar-refractivity contribution >= 4 is 15.9 Å². The fraction of sp³-hybridized carbons (Fsp3) is 0.889. The molecule has 0 bridgehead atoms. The molecule has 0 fully saturated rings. The van der Waals surface area contributed by atoms with Gasteiger partial charge in [-0.15, -0.1) is 11.8 Å². The van der Waals surface area contributed by atoms with E-state index in [-0.39, 0.29) is 0 Å². The lowest BCUT2D eigenvalue weighted by Gasteiger charge is -1.98. The number of alkyl halides is 1. The van der Waals surface area contributed by atoms with Crippen LogP contribution >= 0.6 is 15.9 Å². The van der Waals surface area contributed by atoms with Gasteiger partial charge < -0.3 is 0 Å². The van der Waals surface area contributed by atoms with Crippen molar-refractivity contribution in [1.82, 2.24) is 0 Å². The van der Waals surface area contributed by atoms with E-state index in [1.54, 1.807) is 0 Å². The molecule has 0 nitrogen and oxygen atoms in total. The molecule has 0 aromatic rings. The molecule has 0 spiro atoms. The summed E-state index contributed by atoms with van der Waals surface area (Å²) in [5.41, 5.74) is 0. The first kappa shape index (κ1) is 19.0. The zero-order valence-corrected chi connectivity index (χ0v) is 14.6. The van der Waals surface area contributed by atoms with Crippen LogP contribution in [0, 0.1) is 11.8 Å². The van der Waals surface area contributed by atoms with Crippen LogP contribution in [0.2, 0.25) is 0 Å². The highest BCUT2D eigenvalue weighted by atomic mass is 79.9. The van der Waals surface area contributed by atoms with E-state index in [1.807, 2.05) is 0 Å². The zero-order chi connectivity index (χ0) is 14.0. The monoisotopic (exact) mass is 328 g/mol. The lowest BCUT2D eigenvalue weighted by atomic mass is 10.1. The molecule has 1 heteroatoms. The molecular formula is C18H33Br. The molecule has 0 unspecified atom stereocenters. The summed E-state index contributed by atoms with van der Waals surface area (Å²) in [5.74, 6) is 6.66. The van der Waals surface area contributed by atoms with Gasteiger partial charge in [0.2, 0.25) is 0 Å². The Hall–Kier alpha value is 0.0400. The molecule has 0 heterocycles. The minimum atomic E-state index is 1.12. The third-order valence-corrected chi connectivity index (χ3v) is 4.03. The van der Waals surface area contributed by atoms with E-state index in [0.717, 1.165) is 18.2 Å². The fourth-order valence-electron chi connectivity index (χ4n) is 2.19. The Labute approximate surface area is 130 Å². The number of unbranched alkanes of at least 4 members (excludes halogenated alkanes) is 12. The van der Waals surface area contributed by atoms with Gasteiger partial charge in [-0.2, -0.15) is 0 Å². The highest BCUT2D eigenvalue weighted by Gasteiger charge is 1.90. The van der Waals surface area contributed by atoms with E-state index in [1.165, 1.54) is 77.0 Å². The number of hydrogen-bond acceptors (Lipinski definition) is 0. The van der Waals surface area contributed by atoms with E-state index < -0.39 is 0 Å². The van der Waals surface area contributed by atoms with Crippen molar-refractivity contribution in [3.05, 3.63) is 0 Å². The van der Waals surface area contributed by atoms with Crippen molar-refractivity contribution in [3.63, 3.8) is 0 Å². The van der Waals surface area contributed by atoms with Gasteiger partial charge in [0, 0.05) is 18.2 Å². The summed E-state index contributed by atoms with van der Waals surface area (Å²) in [4.78, 5) is 0. The molecule has 0 N–H and O–H groups in total. The minimum Gasteiger partial charge on any atom is -0.103 e. The smallest absolute Gasteiger partial charge is 0.00886 e. The van der Waals surface area contributed by atoms with Crippen molar-refractivity contribution in [2.24, 2.45) is 0 Å². The third kappa shape index (κ3) is 18.0. The standard InChI is InChI=1S/C18H33Br/c1-2-3-4-5-6-7-8-9-10-11-12-13-14-15-16-17-18-19/h2-8,11-18H2,1H3. The van der Waals surface area contributed by atoms with Gasteiger partial charge in [-0.25, -0.2) is 0 Å². The zero-order valence-electron chi connectivity index (χ0n) is 13.0. The molecule has 0 rings (SSSR count). The molecule has 112 valence electrons. The Morgan fingerprint density at radius 3 is 1.47 bits per heavy atom. The number of hydrogen-bond donors (Lipinski definition) is 0. The van der Waals surface area contributed by atoms with Crippen LogP contribution in [-0.4, -0.2) is 5.33 Å². The van der Waals surface area contributed by atoms with Gasteiger partial charge in [-0.05, 0) is 19.3 Å². The van der Waals surface area contributed by atoms with E-state index in [2.05, 4.69) is 34.7 Å². The number of rotatable bonds is 13. The lowest BCUT2D eigenvalue weighted by Crippen LogP contribution is -1.80. The highest BCUT2D eigenvalue weighted by molar-refractivity contribution is 9.09. The minimum absolute atomic E-state index is 1.12. The molecule has 0 radical (unpaired) electrons. The lowest BCUT2D eigenvalue weighted by molar-refractivity contribution is 0.612. The summed E-state index contributed by atoms with van der Waals surface area (Å²) in [5, 5.41) is 1.16. The fourth-order valence-corrected chi connectivity index (χ4v) is 2.58. The second kappa shape index (κ2) is 18.0. The Bertz CT molecular complexity index is 211. The molecule has 0 aliphatic heterocycles. The molecule has 0 saturated carbocycles. The molecule has 0 aromatic heterocycles. The highest BCUT2D eigenvalue weighted by Crippen LogP contribution is 2.08. The predicted octanol–water partition coefficient (Wildman–Crippen LogP) is 6.87. The van der Waals surface area contributed by atoms with Crippen molar-refractivity contribution < 1.29 is 0 Å². The van der Waals surface area contributed by atoms with Gasteiger partial charge >= 0.3 is 0 Å². The second-order valence-electron chi connectivity index (χ2n) is 5.43. The Morgan fingerprint density at radius 2 is 1.00 bits per heavy atom. The SMILES string of the molecule is CCCCCCCCC#CCCCCCCCCBr. The van der Waals surface area contributed by atoms with Crippen molar-refractivity contribution in [2.75, 3.05) is 5.33 Å². The van der Waals surface area contributed by atoms with Gasteiger partial charge in [0.05, 0.1) is 0 Å². The van der Waals surface area contributed by atoms with Gasteiger partial charge in [0.1, 0.15) is 0 Å². The van der Waals surface area contributed by atoms with Crippen molar-refractivity contribution in [1.29, 1.82) is 0 Å². The molecule has 0 saturated heterocycles. The van der Waals surface area contributed by atoms with Crippen LogP contribution in [0.25, 0.3) is 0 Å². The number of halogens is 1. The maximum absolute atomic E-state index is 3.47. The second-order valence-corrected chi connectivity index (χ2v) is 6.22. The van der Waals surface area contributed by atoms with Crippen LogP contribution in [0.15, 0.2) is 0 Å². The van der Waals surface area contributed by atoms with Gasteiger partial charge in [0.15, 0.2) is 0 Å². The molecule has 0 aromatic carbocycles. The molecule has 0 aliphatic carbocycles. The Balaban J connectivity index is 3.05. The molecule has 0 amide bonds. The first-order chi connectivity index (χ1) is 9.41. The maximum Gasteiger partial charge on any atom is 0.00886 e. The van der Waals surface area contributed by atoms with Crippen LogP contribution in [0.4, 0.5) is 0 Å². The van der Waals surface area contributed by atoms with E-state index in [0.29, 0.717) is 0 Å². The van der Waals surface area contributed by atoms with Crippen LogP contribution in [-0.2, 0) is 0 Å². The summed E-state index contributed by atoms with van der Waals surface area (Å²) < 4.78 is 0. The van der Waals surface area contributed by atoms with E-state index in [9.17, 15) is 0 Å². The summed E-state index contributed by atoms with van der Waals surface area (Å²) >= 11 is 3.47. The largest absolute Gasteiger partial charge is 0.103 e. The van der Waals surface area contributed by atoms with Crippen LogP contribution in [0.5, 0.6) is 0 Å². The third-order valence-electron chi connectivity index (χ3n) is 3.47. The Morgan fingerprint density at radius 1 is 0.579 bits per heavy atom. The summed E-state index contributed by atoms with van der Waals surface area (Å²) in [6.07, 6.45) is 18.7. The van der Waals surface area contributed by atoms with Crippen LogP contribution < -0.4 is 0 Å². The van der Waals surface area contributed by atoms with E-state index >= 15 is 0 Å². The maximum atomic E-state index is 3.47. The quantitative estimate of drug-likeness (QED) is 0.196. The summed E-state index contributed by atoms with van der Waals surface area (Å²) in [7, 11) is 0. The predicted molar refractivity (Wildman–Crippen MR) is 91.9 cm³/mol. The van der Waals surface area contributed by atoms with Crippen molar-refractivity contribution in [2.45, 2.75) is 96.8 Å². The average molecular weight is 329 g/mol.